The summed E-state index contributed by atoms with van der Waals surface area (Å²) in [4.78, 5) is 14.9. The van der Waals surface area contributed by atoms with Gasteiger partial charge in [0.25, 0.3) is 0 Å². The number of hydrogen-bond donors (Lipinski definition) is 1. The van der Waals surface area contributed by atoms with Crippen LogP contribution in [0.5, 0.6) is 0 Å². The van der Waals surface area contributed by atoms with Crippen molar-refractivity contribution in [2.45, 2.75) is 23.4 Å². The Morgan fingerprint density at radius 1 is 1.50 bits per heavy atom. The van der Waals surface area contributed by atoms with E-state index in [1.807, 2.05) is 31.2 Å². The van der Waals surface area contributed by atoms with Gasteiger partial charge in [-0.3, -0.25) is 0 Å². The number of thioether (sulfide) groups is 1. The van der Waals surface area contributed by atoms with Crippen molar-refractivity contribution in [1.29, 1.82) is 0 Å². The number of aromatic nitrogens is 2. The minimum atomic E-state index is -0.939. The van der Waals surface area contributed by atoms with Gasteiger partial charge in [-0.1, -0.05) is 43.0 Å². The van der Waals surface area contributed by atoms with E-state index < -0.39 is 5.97 Å². The predicted octanol–water partition coefficient (Wildman–Crippen LogP) is 3.49. The summed E-state index contributed by atoms with van der Waals surface area (Å²) in [7, 11) is 0. The first-order valence-corrected chi connectivity index (χ1v) is 7.88. The Bertz CT molecular complexity index is 623. The van der Waals surface area contributed by atoms with Gasteiger partial charge >= 0.3 is 5.97 Å². The molecule has 0 fully saturated rings. The van der Waals surface area contributed by atoms with E-state index >= 15 is 0 Å². The van der Waals surface area contributed by atoms with Gasteiger partial charge in [0.1, 0.15) is 5.82 Å². The smallest absolute Gasteiger partial charge is 0.328 e. The molecule has 2 rings (SSSR count). The fourth-order valence-corrected chi connectivity index (χ4v) is 3.18. The Labute approximate surface area is 125 Å². The number of aliphatic carboxylic acids is 1. The van der Waals surface area contributed by atoms with Crippen LogP contribution < -0.4 is 0 Å². The molecule has 4 nitrogen and oxygen atoms in total. The van der Waals surface area contributed by atoms with Gasteiger partial charge in [-0.05, 0) is 28.7 Å². The largest absolute Gasteiger partial charge is 0.478 e. The third kappa shape index (κ3) is 4.47. The number of aryl methyl sites for hydroxylation is 1. The first-order valence-electron chi connectivity index (χ1n) is 6.12. The average molecular weight is 306 g/mol. The molecule has 0 bridgehead atoms. The van der Waals surface area contributed by atoms with Crippen molar-refractivity contribution in [1.82, 2.24) is 9.36 Å². The van der Waals surface area contributed by atoms with Crippen molar-refractivity contribution >= 4 is 35.3 Å². The van der Waals surface area contributed by atoms with E-state index in [0.717, 1.165) is 39.5 Å². The van der Waals surface area contributed by atoms with Crippen molar-refractivity contribution in [2.75, 3.05) is 0 Å². The van der Waals surface area contributed by atoms with Crippen LogP contribution in [0.25, 0.3) is 6.08 Å². The zero-order valence-corrected chi connectivity index (χ0v) is 12.6. The topological polar surface area (TPSA) is 63.1 Å². The number of benzene rings is 1. The van der Waals surface area contributed by atoms with Crippen molar-refractivity contribution < 1.29 is 9.90 Å². The fraction of sp³-hybridized carbons (Fsp3) is 0.214. The lowest BCUT2D eigenvalue weighted by atomic mass is 10.1. The van der Waals surface area contributed by atoms with Crippen LogP contribution in [-0.4, -0.2) is 20.4 Å². The molecule has 0 unspecified atom stereocenters. The van der Waals surface area contributed by atoms with Gasteiger partial charge in [0.05, 0.1) is 0 Å². The maximum Gasteiger partial charge on any atom is 0.328 e. The molecule has 20 heavy (non-hydrogen) atoms. The first-order chi connectivity index (χ1) is 9.67. The van der Waals surface area contributed by atoms with Crippen LogP contribution in [0.1, 0.15) is 23.9 Å². The lowest BCUT2D eigenvalue weighted by molar-refractivity contribution is -0.131. The van der Waals surface area contributed by atoms with Gasteiger partial charge in [-0.15, -0.1) is 0 Å². The van der Waals surface area contributed by atoms with Crippen molar-refractivity contribution in [3.63, 3.8) is 0 Å². The molecule has 1 heterocycles. The van der Waals surface area contributed by atoms with Crippen LogP contribution in [0, 0.1) is 0 Å². The second kappa shape index (κ2) is 7.21. The molecule has 0 spiro atoms. The molecule has 1 aromatic heterocycles. The van der Waals surface area contributed by atoms with E-state index in [1.165, 1.54) is 11.5 Å². The molecule has 0 aliphatic carbocycles. The molecule has 0 atom stereocenters. The molecule has 2 aromatic rings. The SMILES string of the molecule is CCc1nsc(SCc2cccc(/C=C/C(=O)O)c2)n1. The Morgan fingerprint density at radius 3 is 3.05 bits per heavy atom. The van der Waals surface area contributed by atoms with Crippen LogP contribution in [-0.2, 0) is 17.0 Å². The van der Waals surface area contributed by atoms with Gasteiger partial charge in [-0.25, -0.2) is 9.78 Å². The van der Waals surface area contributed by atoms with Crippen molar-refractivity contribution in [3.8, 4) is 0 Å². The highest BCUT2D eigenvalue weighted by molar-refractivity contribution is 8.00. The number of carbonyl (C=O) groups is 1. The van der Waals surface area contributed by atoms with E-state index in [0.29, 0.717) is 0 Å². The number of carboxylic acid groups (broad SMARTS) is 1. The van der Waals surface area contributed by atoms with Crippen LogP contribution in [0.4, 0.5) is 0 Å². The first kappa shape index (κ1) is 14.7. The van der Waals surface area contributed by atoms with E-state index in [-0.39, 0.29) is 0 Å². The highest BCUT2D eigenvalue weighted by Crippen LogP contribution is 2.25. The fourth-order valence-electron chi connectivity index (χ4n) is 1.54. The molecule has 0 radical (unpaired) electrons. The molecule has 0 saturated heterocycles. The van der Waals surface area contributed by atoms with Crippen LogP contribution in [0.2, 0.25) is 0 Å². The summed E-state index contributed by atoms with van der Waals surface area (Å²) in [6.07, 6.45) is 3.59. The molecule has 6 heteroatoms. The molecule has 104 valence electrons. The molecule has 0 amide bonds. The molecule has 0 aliphatic heterocycles. The van der Waals surface area contributed by atoms with Crippen LogP contribution in [0.15, 0.2) is 34.7 Å². The Morgan fingerprint density at radius 2 is 2.35 bits per heavy atom. The van der Waals surface area contributed by atoms with Crippen LogP contribution in [0.3, 0.4) is 0 Å². The summed E-state index contributed by atoms with van der Waals surface area (Å²) in [5.41, 5.74) is 2.02. The number of carboxylic acids is 1. The van der Waals surface area contributed by atoms with Gasteiger partial charge in [-0.2, -0.15) is 4.37 Å². The maximum atomic E-state index is 10.5. The summed E-state index contributed by atoms with van der Waals surface area (Å²) >= 11 is 3.07. The zero-order chi connectivity index (χ0) is 14.4. The number of hydrogen-bond acceptors (Lipinski definition) is 5. The summed E-state index contributed by atoms with van der Waals surface area (Å²) in [5.74, 6) is 0.744. The minimum absolute atomic E-state index is 0.799. The molecule has 1 N–H and O–H groups in total. The highest BCUT2D eigenvalue weighted by Gasteiger charge is 2.03. The van der Waals surface area contributed by atoms with Gasteiger partial charge in [0.2, 0.25) is 0 Å². The Hall–Kier alpha value is -1.66. The third-order valence-electron chi connectivity index (χ3n) is 2.50. The van der Waals surface area contributed by atoms with Gasteiger partial charge in [0, 0.05) is 18.2 Å². The monoisotopic (exact) mass is 306 g/mol. The molecule has 0 aliphatic rings. The van der Waals surface area contributed by atoms with Crippen LogP contribution >= 0.6 is 23.3 Å². The highest BCUT2D eigenvalue weighted by atomic mass is 32.2. The minimum Gasteiger partial charge on any atom is -0.478 e. The van der Waals surface area contributed by atoms with E-state index in [4.69, 9.17) is 5.11 Å². The summed E-state index contributed by atoms with van der Waals surface area (Å²) in [6.45, 7) is 2.04. The molecule has 0 saturated carbocycles. The second-order valence-electron chi connectivity index (χ2n) is 4.04. The lowest BCUT2D eigenvalue weighted by Gasteiger charge is -2.00. The average Bonchev–Trinajstić information content (AvgIpc) is 2.91. The van der Waals surface area contributed by atoms with Gasteiger partial charge < -0.3 is 5.11 Å². The van der Waals surface area contributed by atoms with E-state index in [9.17, 15) is 4.79 Å². The Balaban J connectivity index is 1.99. The number of rotatable bonds is 6. The molecular weight excluding hydrogens is 292 g/mol. The quantitative estimate of drug-likeness (QED) is 0.654. The van der Waals surface area contributed by atoms with Gasteiger partial charge in [0.15, 0.2) is 4.34 Å². The van der Waals surface area contributed by atoms with E-state index in [2.05, 4.69) is 9.36 Å². The lowest BCUT2D eigenvalue weighted by Crippen LogP contribution is -1.87. The normalized spacial score (nSPS) is 11.1. The number of nitrogens with zero attached hydrogens (tertiary/aromatic N) is 2. The summed E-state index contributed by atoms with van der Waals surface area (Å²) in [5, 5.41) is 8.62. The molecular formula is C14H14N2O2S2. The molecule has 1 aromatic carbocycles. The predicted molar refractivity (Wildman–Crippen MR) is 82.0 cm³/mol. The van der Waals surface area contributed by atoms with E-state index in [1.54, 1.807) is 17.8 Å². The third-order valence-corrected chi connectivity index (χ3v) is 4.44. The second-order valence-corrected chi connectivity index (χ2v) is 6.01. The Kier molecular flexibility index (Phi) is 5.31. The summed E-state index contributed by atoms with van der Waals surface area (Å²) in [6, 6.07) is 7.81. The van der Waals surface area contributed by atoms with Crippen molar-refractivity contribution in [3.05, 3.63) is 47.3 Å². The zero-order valence-electron chi connectivity index (χ0n) is 10.9. The summed E-state index contributed by atoms with van der Waals surface area (Å²) < 4.78 is 5.21. The maximum absolute atomic E-state index is 10.5. The van der Waals surface area contributed by atoms with Crippen molar-refractivity contribution in [2.24, 2.45) is 0 Å². The standard InChI is InChI=1S/C14H14N2O2S2/c1-2-12-15-14(20-16-12)19-9-11-5-3-4-10(8-11)6-7-13(17)18/h3-8H,2,9H2,1H3,(H,17,18)/b7-6+.